The SMILES string of the molecule is O=[N+]([O-])c1cccc(NN=Nc2ccc(Cl)c(Cl)c2)c1. The van der Waals surface area contributed by atoms with Gasteiger partial charge in [-0.05, 0) is 24.3 Å². The summed E-state index contributed by atoms with van der Waals surface area (Å²) in [6.45, 7) is 0. The highest BCUT2D eigenvalue weighted by molar-refractivity contribution is 6.42. The van der Waals surface area contributed by atoms with Crippen molar-refractivity contribution in [1.82, 2.24) is 0 Å². The second kappa shape index (κ2) is 6.31. The number of rotatable bonds is 4. The van der Waals surface area contributed by atoms with Crippen LogP contribution >= 0.6 is 23.2 Å². The van der Waals surface area contributed by atoms with E-state index in [9.17, 15) is 10.1 Å². The van der Waals surface area contributed by atoms with Crippen LogP contribution in [0.3, 0.4) is 0 Å². The Morgan fingerprint density at radius 3 is 2.60 bits per heavy atom. The van der Waals surface area contributed by atoms with Crippen LogP contribution in [0.15, 0.2) is 52.8 Å². The first kappa shape index (κ1) is 14.2. The molecule has 8 heteroatoms. The van der Waals surface area contributed by atoms with Crippen LogP contribution in [0.1, 0.15) is 0 Å². The molecule has 0 aliphatic rings. The smallest absolute Gasteiger partial charge is 0.260 e. The molecule has 20 heavy (non-hydrogen) atoms. The van der Waals surface area contributed by atoms with Gasteiger partial charge >= 0.3 is 0 Å². The topological polar surface area (TPSA) is 79.9 Å². The minimum Gasteiger partial charge on any atom is -0.260 e. The molecule has 1 N–H and O–H groups in total. The highest BCUT2D eigenvalue weighted by Crippen LogP contribution is 2.26. The van der Waals surface area contributed by atoms with E-state index in [0.29, 0.717) is 21.4 Å². The summed E-state index contributed by atoms with van der Waals surface area (Å²) in [7, 11) is 0. The molecule has 0 bridgehead atoms. The number of nitro groups is 1. The van der Waals surface area contributed by atoms with E-state index in [-0.39, 0.29) is 5.69 Å². The summed E-state index contributed by atoms with van der Waals surface area (Å²) in [5.74, 6) is 0. The third-order valence-electron chi connectivity index (χ3n) is 2.30. The zero-order chi connectivity index (χ0) is 14.5. The highest BCUT2D eigenvalue weighted by Gasteiger charge is 2.04. The van der Waals surface area contributed by atoms with Crippen LogP contribution in [0.5, 0.6) is 0 Å². The lowest BCUT2D eigenvalue weighted by molar-refractivity contribution is -0.384. The van der Waals surface area contributed by atoms with Gasteiger partial charge in [0.05, 0.1) is 26.3 Å². The van der Waals surface area contributed by atoms with Gasteiger partial charge in [-0.25, -0.2) is 0 Å². The molecule has 0 heterocycles. The number of anilines is 1. The Kier molecular flexibility index (Phi) is 4.49. The number of nitro benzene ring substituents is 1. The molecule has 0 aromatic heterocycles. The van der Waals surface area contributed by atoms with Crippen molar-refractivity contribution in [1.29, 1.82) is 0 Å². The van der Waals surface area contributed by atoms with Crippen LogP contribution in [0.25, 0.3) is 0 Å². The third kappa shape index (κ3) is 3.66. The first-order valence-electron chi connectivity index (χ1n) is 5.42. The fourth-order valence-corrected chi connectivity index (χ4v) is 1.67. The van der Waals surface area contributed by atoms with Gasteiger partial charge < -0.3 is 0 Å². The van der Waals surface area contributed by atoms with Gasteiger partial charge in [0.25, 0.3) is 5.69 Å². The van der Waals surface area contributed by atoms with Gasteiger partial charge in [-0.2, -0.15) is 0 Å². The van der Waals surface area contributed by atoms with Gasteiger partial charge in [0, 0.05) is 12.1 Å². The van der Waals surface area contributed by atoms with Gasteiger partial charge in [-0.1, -0.05) is 34.5 Å². The number of hydrogen-bond donors (Lipinski definition) is 1. The molecule has 0 radical (unpaired) electrons. The van der Waals surface area contributed by atoms with Crippen molar-refractivity contribution in [3.63, 3.8) is 0 Å². The lowest BCUT2D eigenvalue weighted by Gasteiger charge is -1.99. The molecule has 0 atom stereocenters. The van der Waals surface area contributed by atoms with Gasteiger partial charge in [0.15, 0.2) is 0 Å². The Labute approximate surface area is 124 Å². The molecule has 0 fully saturated rings. The molecule has 0 saturated carbocycles. The molecular formula is C12H8Cl2N4O2. The van der Waals surface area contributed by atoms with Crippen LogP contribution < -0.4 is 5.43 Å². The summed E-state index contributed by atoms with van der Waals surface area (Å²) in [6.07, 6.45) is 0. The Bertz CT molecular complexity index is 676. The number of nitrogens with one attached hydrogen (secondary N) is 1. The molecule has 0 aliphatic heterocycles. The highest BCUT2D eigenvalue weighted by atomic mass is 35.5. The average molecular weight is 311 g/mol. The Morgan fingerprint density at radius 2 is 1.90 bits per heavy atom. The molecule has 0 unspecified atom stereocenters. The minimum atomic E-state index is -0.485. The molecule has 2 aromatic rings. The largest absolute Gasteiger partial charge is 0.271 e. The number of hydrogen-bond acceptors (Lipinski definition) is 4. The van der Waals surface area contributed by atoms with Crippen LogP contribution in [-0.4, -0.2) is 4.92 Å². The zero-order valence-corrected chi connectivity index (χ0v) is 11.5. The van der Waals surface area contributed by atoms with E-state index in [1.807, 2.05) is 0 Å². The first-order chi connectivity index (χ1) is 9.56. The summed E-state index contributed by atoms with van der Waals surface area (Å²) in [4.78, 5) is 10.1. The molecule has 0 aliphatic carbocycles. The fourth-order valence-electron chi connectivity index (χ4n) is 1.38. The van der Waals surface area contributed by atoms with Crippen LogP contribution in [0.2, 0.25) is 10.0 Å². The Balaban J connectivity index is 2.07. The van der Waals surface area contributed by atoms with Crippen molar-refractivity contribution in [2.24, 2.45) is 10.3 Å². The van der Waals surface area contributed by atoms with E-state index in [1.165, 1.54) is 12.1 Å². The Morgan fingerprint density at radius 1 is 1.10 bits per heavy atom. The lowest BCUT2D eigenvalue weighted by Crippen LogP contribution is -1.90. The molecule has 2 aromatic carbocycles. The first-order valence-corrected chi connectivity index (χ1v) is 6.18. The summed E-state index contributed by atoms with van der Waals surface area (Å²) in [5.41, 5.74) is 3.54. The van der Waals surface area contributed by atoms with Crippen molar-refractivity contribution in [2.45, 2.75) is 0 Å². The summed E-state index contributed by atoms with van der Waals surface area (Å²) < 4.78 is 0. The predicted molar refractivity (Wildman–Crippen MR) is 77.7 cm³/mol. The zero-order valence-electron chi connectivity index (χ0n) is 9.96. The lowest BCUT2D eigenvalue weighted by atomic mass is 10.3. The number of nitrogens with zero attached hydrogens (tertiary/aromatic N) is 3. The third-order valence-corrected chi connectivity index (χ3v) is 3.04. The molecule has 0 saturated heterocycles. The second-order valence-electron chi connectivity index (χ2n) is 3.72. The molecule has 2 rings (SSSR count). The van der Waals surface area contributed by atoms with E-state index in [0.717, 1.165) is 0 Å². The van der Waals surface area contributed by atoms with Gasteiger partial charge in [-0.15, -0.1) is 5.11 Å². The van der Waals surface area contributed by atoms with Crippen LogP contribution in [0.4, 0.5) is 17.1 Å². The molecular weight excluding hydrogens is 303 g/mol. The van der Waals surface area contributed by atoms with Crippen LogP contribution in [0, 0.1) is 10.1 Å². The molecule has 0 amide bonds. The van der Waals surface area contributed by atoms with Crippen molar-refractivity contribution in [3.05, 3.63) is 62.6 Å². The van der Waals surface area contributed by atoms with Gasteiger partial charge in [-0.3, -0.25) is 15.5 Å². The predicted octanol–water partition coefficient (Wildman–Crippen LogP) is 5.01. The van der Waals surface area contributed by atoms with Crippen molar-refractivity contribution in [2.75, 3.05) is 5.43 Å². The van der Waals surface area contributed by atoms with Gasteiger partial charge in [0.2, 0.25) is 0 Å². The number of halogens is 2. The fraction of sp³-hybridized carbons (Fsp3) is 0. The Hall–Kier alpha value is -2.18. The van der Waals surface area contributed by atoms with Crippen molar-refractivity contribution < 1.29 is 4.92 Å². The van der Waals surface area contributed by atoms with Crippen molar-refractivity contribution >= 4 is 40.3 Å². The van der Waals surface area contributed by atoms with Gasteiger partial charge in [0.1, 0.15) is 0 Å². The van der Waals surface area contributed by atoms with E-state index in [1.54, 1.807) is 30.3 Å². The monoisotopic (exact) mass is 310 g/mol. The maximum atomic E-state index is 10.6. The molecule has 0 spiro atoms. The number of non-ortho nitro benzene ring substituents is 1. The standard InChI is InChI=1S/C12H8Cl2N4O2/c13-11-5-4-9(7-12(11)14)16-17-15-8-2-1-3-10(6-8)18(19)20/h1-7H,(H,15,16). The molecule has 6 nitrogen and oxygen atoms in total. The summed E-state index contributed by atoms with van der Waals surface area (Å²) >= 11 is 11.6. The average Bonchev–Trinajstić information content (AvgIpc) is 2.43. The molecule has 102 valence electrons. The normalized spacial score (nSPS) is 10.7. The van der Waals surface area contributed by atoms with E-state index < -0.39 is 4.92 Å². The van der Waals surface area contributed by atoms with E-state index in [2.05, 4.69) is 15.8 Å². The second-order valence-corrected chi connectivity index (χ2v) is 4.53. The maximum absolute atomic E-state index is 10.6. The van der Waals surface area contributed by atoms with Crippen molar-refractivity contribution in [3.8, 4) is 0 Å². The maximum Gasteiger partial charge on any atom is 0.271 e. The summed E-state index contributed by atoms with van der Waals surface area (Å²) in [5, 5.41) is 19.0. The minimum absolute atomic E-state index is 0.0280. The van der Waals surface area contributed by atoms with Crippen LogP contribution in [-0.2, 0) is 0 Å². The van der Waals surface area contributed by atoms with E-state index in [4.69, 9.17) is 23.2 Å². The van der Waals surface area contributed by atoms with E-state index >= 15 is 0 Å². The number of benzene rings is 2. The summed E-state index contributed by atoms with van der Waals surface area (Å²) in [6, 6.07) is 10.7. The quantitative estimate of drug-likeness (QED) is 0.489.